The van der Waals surface area contributed by atoms with Crippen LogP contribution in [-0.2, 0) is 13.0 Å². The number of hydrogen-bond acceptors (Lipinski definition) is 5. The van der Waals surface area contributed by atoms with Crippen molar-refractivity contribution in [2.24, 2.45) is 4.99 Å². The van der Waals surface area contributed by atoms with Crippen molar-refractivity contribution in [3.05, 3.63) is 59.7 Å². The van der Waals surface area contributed by atoms with Gasteiger partial charge < -0.3 is 14.4 Å². The van der Waals surface area contributed by atoms with Crippen molar-refractivity contribution in [1.82, 2.24) is 9.88 Å². The average molecular weight is 377 g/mol. The molecule has 0 unspecified atom stereocenters. The van der Waals surface area contributed by atoms with Gasteiger partial charge in [0.25, 0.3) is 0 Å². The molecule has 2 aliphatic heterocycles. The summed E-state index contributed by atoms with van der Waals surface area (Å²) in [7, 11) is 1.85. The van der Waals surface area contributed by atoms with E-state index in [-0.39, 0.29) is 6.79 Å². The zero-order valence-electron chi connectivity index (χ0n) is 15.0. The van der Waals surface area contributed by atoms with E-state index in [0.29, 0.717) is 0 Å². The van der Waals surface area contributed by atoms with Gasteiger partial charge in [0, 0.05) is 37.2 Å². The monoisotopic (exact) mass is 377 g/mol. The predicted molar refractivity (Wildman–Crippen MR) is 108 cm³/mol. The Hall–Kier alpha value is -2.73. The number of aliphatic imine (C=N–C) groups is 1. The van der Waals surface area contributed by atoms with Crippen LogP contribution in [0.2, 0.25) is 0 Å². The van der Waals surface area contributed by atoms with Crippen molar-refractivity contribution >= 4 is 27.8 Å². The van der Waals surface area contributed by atoms with Crippen LogP contribution in [0, 0.1) is 0 Å². The van der Waals surface area contributed by atoms with E-state index in [2.05, 4.69) is 46.3 Å². The van der Waals surface area contributed by atoms with Crippen LogP contribution < -0.4 is 9.47 Å². The lowest BCUT2D eigenvalue weighted by Gasteiger charge is -2.30. The fraction of sp³-hybridized carbons (Fsp3) is 0.238. The molecule has 2 aromatic carbocycles. The minimum atomic E-state index is 0.278. The summed E-state index contributed by atoms with van der Waals surface area (Å²) in [5.74, 6) is 1.56. The van der Waals surface area contributed by atoms with Crippen molar-refractivity contribution in [2.75, 3.05) is 20.4 Å². The number of aromatic nitrogens is 1. The molecule has 0 spiro atoms. The van der Waals surface area contributed by atoms with Gasteiger partial charge in [-0.2, -0.15) is 0 Å². The molecule has 6 heteroatoms. The Bertz CT molecular complexity index is 1040. The summed E-state index contributed by atoms with van der Waals surface area (Å²) in [4.78, 5) is 11.7. The Morgan fingerprint density at radius 3 is 2.74 bits per heavy atom. The van der Waals surface area contributed by atoms with Crippen LogP contribution in [0.4, 0.5) is 0 Å². The maximum Gasteiger partial charge on any atom is 0.231 e. The molecule has 136 valence electrons. The van der Waals surface area contributed by atoms with Crippen molar-refractivity contribution < 1.29 is 9.47 Å². The summed E-state index contributed by atoms with van der Waals surface area (Å²) in [6.45, 7) is 2.03. The summed E-state index contributed by atoms with van der Waals surface area (Å²) in [5.41, 5.74) is 3.50. The zero-order valence-corrected chi connectivity index (χ0v) is 15.8. The minimum absolute atomic E-state index is 0.278. The Kier molecular flexibility index (Phi) is 4.13. The van der Waals surface area contributed by atoms with E-state index in [1.807, 2.05) is 19.2 Å². The highest BCUT2D eigenvalue weighted by atomic mass is 32.2. The summed E-state index contributed by atoms with van der Waals surface area (Å²) in [6, 6.07) is 16.8. The first-order valence-electron chi connectivity index (χ1n) is 8.97. The summed E-state index contributed by atoms with van der Waals surface area (Å²) >= 11 is 1.64. The van der Waals surface area contributed by atoms with Gasteiger partial charge in [-0.1, -0.05) is 30.3 Å². The van der Waals surface area contributed by atoms with E-state index in [9.17, 15) is 0 Å². The smallest absolute Gasteiger partial charge is 0.231 e. The first-order chi connectivity index (χ1) is 13.3. The van der Waals surface area contributed by atoms with Crippen molar-refractivity contribution in [1.29, 1.82) is 0 Å². The molecule has 3 aromatic rings. The van der Waals surface area contributed by atoms with Crippen molar-refractivity contribution in [3.63, 3.8) is 0 Å². The number of thioether (sulfide) groups is 1. The predicted octanol–water partition coefficient (Wildman–Crippen LogP) is 4.10. The molecule has 0 saturated carbocycles. The lowest BCUT2D eigenvalue weighted by molar-refractivity contribution is 0.174. The van der Waals surface area contributed by atoms with Crippen molar-refractivity contribution in [2.45, 2.75) is 18.0 Å². The minimum Gasteiger partial charge on any atom is -0.454 e. The van der Waals surface area contributed by atoms with Gasteiger partial charge in [0.15, 0.2) is 16.7 Å². The van der Waals surface area contributed by atoms with Gasteiger partial charge in [0.05, 0.1) is 5.52 Å². The normalized spacial score (nSPS) is 16.8. The molecule has 0 bridgehead atoms. The summed E-state index contributed by atoms with van der Waals surface area (Å²) < 4.78 is 11.0. The second-order valence-electron chi connectivity index (χ2n) is 6.62. The van der Waals surface area contributed by atoms with Crippen LogP contribution in [0.1, 0.15) is 11.1 Å². The summed E-state index contributed by atoms with van der Waals surface area (Å²) in [5, 5.41) is 3.13. The molecule has 1 aromatic heterocycles. The number of rotatable bonds is 3. The van der Waals surface area contributed by atoms with E-state index < -0.39 is 0 Å². The quantitative estimate of drug-likeness (QED) is 0.688. The fourth-order valence-corrected chi connectivity index (χ4v) is 4.43. The molecule has 3 heterocycles. The average Bonchev–Trinajstić information content (AvgIpc) is 3.16. The molecular weight excluding hydrogens is 358 g/mol. The molecular formula is C21H19N3O2S. The number of pyridine rings is 1. The van der Waals surface area contributed by atoms with Crippen LogP contribution in [0.3, 0.4) is 0 Å². The molecule has 0 saturated heterocycles. The van der Waals surface area contributed by atoms with E-state index in [1.165, 1.54) is 11.1 Å². The lowest BCUT2D eigenvalue weighted by Crippen LogP contribution is -2.33. The molecule has 0 fully saturated rings. The highest BCUT2D eigenvalue weighted by Crippen LogP contribution is 2.39. The first-order valence-corrected chi connectivity index (χ1v) is 9.78. The van der Waals surface area contributed by atoms with Gasteiger partial charge in [-0.3, -0.25) is 4.99 Å². The van der Waals surface area contributed by atoms with Gasteiger partial charge in [-0.05, 0) is 35.9 Å². The topological polar surface area (TPSA) is 47.0 Å². The van der Waals surface area contributed by atoms with Crippen LogP contribution in [0.25, 0.3) is 10.9 Å². The number of amidine groups is 1. The van der Waals surface area contributed by atoms with Gasteiger partial charge >= 0.3 is 0 Å². The molecule has 0 atom stereocenters. The number of benzene rings is 2. The number of ether oxygens (including phenoxy) is 2. The van der Waals surface area contributed by atoms with Gasteiger partial charge in [0.1, 0.15) is 5.03 Å². The zero-order chi connectivity index (χ0) is 18.2. The Balaban J connectivity index is 1.44. The van der Waals surface area contributed by atoms with E-state index in [4.69, 9.17) is 14.5 Å². The molecule has 27 heavy (non-hydrogen) atoms. The largest absolute Gasteiger partial charge is 0.454 e. The second-order valence-corrected chi connectivity index (χ2v) is 7.57. The third-order valence-electron chi connectivity index (χ3n) is 4.87. The number of nitrogens with zero attached hydrogens (tertiary/aromatic N) is 3. The maximum atomic E-state index is 5.51. The Morgan fingerprint density at radius 2 is 1.93 bits per heavy atom. The molecule has 2 aliphatic rings. The molecule has 0 radical (unpaired) electrons. The third-order valence-corrected chi connectivity index (χ3v) is 6.04. The van der Waals surface area contributed by atoms with Gasteiger partial charge in [-0.25, -0.2) is 4.98 Å². The Morgan fingerprint density at radius 1 is 1.11 bits per heavy atom. The molecule has 5 nitrogen and oxygen atoms in total. The highest BCUT2D eigenvalue weighted by Gasteiger charge is 2.24. The number of hydrogen-bond donors (Lipinski definition) is 0. The fourth-order valence-electron chi connectivity index (χ4n) is 3.49. The molecule has 5 rings (SSSR count). The van der Waals surface area contributed by atoms with Gasteiger partial charge in [-0.15, -0.1) is 0 Å². The first kappa shape index (κ1) is 16.4. The molecule has 0 amide bonds. The van der Waals surface area contributed by atoms with E-state index in [0.717, 1.165) is 52.1 Å². The van der Waals surface area contributed by atoms with E-state index in [1.54, 1.807) is 11.8 Å². The van der Waals surface area contributed by atoms with Gasteiger partial charge in [0.2, 0.25) is 6.79 Å². The Labute approximate surface area is 162 Å². The van der Waals surface area contributed by atoms with Crippen LogP contribution in [0.15, 0.2) is 58.5 Å². The third kappa shape index (κ3) is 3.10. The van der Waals surface area contributed by atoms with Crippen LogP contribution in [0.5, 0.6) is 11.5 Å². The van der Waals surface area contributed by atoms with E-state index >= 15 is 0 Å². The lowest BCUT2D eigenvalue weighted by atomic mass is 10.1. The number of fused-ring (bicyclic) bond motifs is 3. The van der Waals surface area contributed by atoms with Crippen LogP contribution >= 0.6 is 11.8 Å². The van der Waals surface area contributed by atoms with Crippen LogP contribution in [-0.4, -0.2) is 35.4 Å². The van der Waals surface area contributed by atoms with Crippen molar-refractivity contribution in [3.8, 4) is 11.5 Å². The highest BCUT2D eigenvalue weighted by molar-refractivity contribution is 8.13. The molecule has 0 N–H and O–H groups in total. The maximum absolute atomic E-state index is 5.51. The standard InChI is InChI=1S/C21H19N3O2S/c1-22-21-24(8-7-14-5-3-2-4-6-14)12-16-9-15-10-18-19(26-13-25-18)11-17(15)23-20(16)27-21/h2-6,9-11H,7-8,12-13H2,1H3. The summed E-state index contributed by atoms with van der Waals surface area (Å²) in [6.07, 6.45) is 0.995. The second kappa shape index (κ2) is 6.78. The SMILES string of the molecule is CN=C1Sc2nc3cc4c(cc3cc2CN1CCc1ccccc1)OCO4. The molecule has 0 aliphatic carbocycles.